The lowest BCUT2D eigenvalue weighted by Gasteiger charge is -2.38. The number of halogens is 1. The number of anilines is 1. The van der Waals surface area contributed by atoms with Crippen molar-refractivity contribution in [1.29, 1.82) is 0 Å². The largest absolute Gasteiger partial charge is 0.488 e. The number of imide groups is 1. The fourth-order valence-electron chi connectivity index (χ4n) is 5.36. The lowest BCUT2D eigenvalue weighted by molar-refractivity contribution is -0.149. The topological polar surface area (TPSA) is 73.3 Å². The minimum absolute atomic E-state index is 0.0354. The molecule has 0 radical (unpaired) electrons. The molecule has 0 aromatic heterocycles. The van der Waals surface area contributed by atoms with Crippen molar-refractivity contribution < 1.29 is 23.8 Å². The zero-order chi connectivity index (χ0) is 24.4. The molecule has 2 amide bonds. The van der Waals surface area contributed by atoms with Crippen LogP contribution in [0.2, 0.25) is 0 Å². The molecule has 35 heavy (non-hydrogen) atoms. The molecule has 0 spiro atoms. The Bertz CT molecular complexity index is 1040. The number of amides is 2. The summed E-state index contributed by atoms with van der Waals surface area (Å²) < 4.78 is 20.5. The summed E-state index contributed by atoms with van der Waals surface area (Å²) in [5.74, 6) is -0.00110. The third-order valence-corrected chi connectivity index (χ3v) is 7.19. The van der Waals surface area contributed by atoms with Crippen LogP contribution in [0.5, 0.6) is 5.75 Å². The maximum Gasteiger partial charge on any atom is 0.229 e. The molecule has 1 N–H and O–H groups in total. The van der Waals surface area contributed by atoms with E-state index in [4.69, 9.17) is 4.74 Å². The Kier molecular flexibility index (Phi) is 7.02. The number of ether oxygens (including phenoxy) is 1. The van der Waals surface area contributed by atoms with Gasteiger partial charge in [0, 0.05) is 64.5 Å². The first-order chi connectivity index (χ1) is 17.0. The molecule has 0 saturated carbocycles. The van der Waals surface area contributed by atoms with E-state index < -0.39 is 6.10 Å². The summed E-state index contributed by atoms with van der Waals surface area (Å²) in [7, 11) is 0. The summed E-state index contributed by atoms with van der Waals surface area (Å²) in [4.78, 5) is 29.5. The number of hydrogen-bond acceptors (Lipinski definition) is 6. The standard InChI is InChI=1S/C27H32FN3O4/c28-21-8-9-25(35-23-14-19-4-1-2-5-20(19)15-23)24(16-21)30-12-10-29(11-13-30)17-22(32)18-31-26(33)6-3-7-27(31)34/h1-2,4-5,8-9,16,22-23,32H,3,6-7,10-15,17-18H2. The van der Waals surface area contributed by atoms with Gasteiger partial charge in [0.2, 0.25) is 11.8 Å². The molecule has 2 aliphatic heterocycles. The quantitative estimate of drug-likeness (QED) is 0.613. The van der Waals surface area contributed by atoms with Gasteiger partial charge in [0.15, 0.2) is 0 Å². The minimum atomic E-state index is -0.787. The van der Waals surface area contributed by atoms with Gasteiger partial charge < -0.3 is 14.7 Å². The van der Waals surface area contributed by atoms with Gasteiger partial charge in [-0.3, -0.25) is 19.4 Å². The van der Waals surface area contributed by atoms with Crippen LogP contribution in [0.1, 0.15) is 30.4 Å². The zero-order valence-electron chi connectivity index (χ0n) is 19.9. The fourth-order valence-corrected chi connectivity index (χ4v) is 5.36. The molecular formula is C27H32FN3O4. The normalized spacial score (nSPS) is 20.3. The van der Waals surface area contributed by atoms with Gasteiger partial charge in [0.25, 0.3) is 0 Å². The molecule has 2 fully saturated rings. The molecule has 2 aromatic rings. The van der Waals surface area contributed by atoms with Crippen LogP contribution in [-0.2, 0) is 22.4 Å². The van der Waals surface area contributed by atoms with Crippen LogP contribution in [0.15, 0.2) is 42.5 Å². The Labute approximate surface area is 205 Å². The molecule has 2 saturated heterocycles. The smallest absolute Gasteiger partial charge is 0.229 e. The van der Waals surface area contributed by atoms with Crippen LogP contribution in [0.25, 0.3) is 0 Å². The van der Waals surface area contributed by atoms with Crippen molar-refractivity contribution >= 4 is 17.5 Å². The van der Waals surface area contributed by atoms with E-state index in [-0.39, 0.29) is 30.3 Å². The Balaban J connectivity index is 1.17. The summed E-state index contributed by atoms with van der Waals surface area (Å²) in [5, 5.41) is 10.5. The highest BCUT2D eigenvalue weighted by Crippen LogP contribution is 2.33. The van der Waals surface area contributed by atoms with E-state index in [1.54, 1.807) is 6.07 Å². The molecule has 2 heterocycles. The molecule has 1 atom stereocenters. The summed E-state index contributed by atoms with van der Waals surface area (Å²) in [6, 6.07) is 13.1. The number of nitrogens with zero attached hydrogens (tertiary/aromatic N) is 3. The van der Waals surface area contributed by atoms with E-state index in [1.807, 2.05) is 12.1 Å². The van der Waals surface area contributed by atoms with Crippen LogP contribution in [-0.4, -0.2) is 78.2 Å². The average Bonchev–Trinajstić information content (AvgIpc) is 3.26. The van der Waals surface area contributed by atoms with Crippen molar-refractivity contribution in [2.45, 2.75) is 44.3 Å². The second-order valence-corrected chi connectivity index (χ2v) is 9.72. The molecule has 1 unspecified atom stereocenters. The number of aliphatic hydroxyl groups excluding tert-OH is 1. The van der Waals surface area contributed by atoms with Crippen LogP contribution in [0.3, 0.4) is 0 Å². The number of benzene rings is 2. The first kappa shape index (κ1) is 23.8. The van der Waals surface area contributed by atoms with E-state index in [0.29, 0.717) is 57.7 Å². The molecule has 3 aliphatic rings. The van der Waals surface area contributed by atoms with Gasteiger partial charge in [-0.05, 0) is 29.7 Å². The molecule has 1 aliphatic carbocycles. The molecule has 7 nitrogen and oxygen atoms in total. The SMILES string of the molecule is O=C1CCCC(=O)N1CC(O)CN1CCN(c2cc(F)ccc2OC2Cc3ccccc3C2)CC1. The molecule has 2 aromatic carbocycles. The van der Waals surface area contributed by atoms with Gasteiger partial charge in [-0.2, -0.15) is 0 Å². The number of aliphatic hydroxyl groups is 1. The van der Waals surface area contributed by atoms with Crippen molar-refractivity contribution in [1.82, 2.24) is 9.80 Å². The maximum atomic E-state index is 14.2. The highest BCUT2D eigenvalue weighted by atomic mass is 19.1. The van der Waals surface area contributed by atoms with Crippen LogP contribution in [0, 0.1) is 5.82 Å². The summed E-state index contributed by atoms with van der Waals surface area (Å²) >= 11 is 0. The predicted molar refractivity (Wildman–Crippen MR) is 130 cm³/mol. The number of piperazine rings is 1. The first-order valence-corrected chi connectivity index (χ1v) is 12.5. The first-order valence-electron chi connectivity index (χ1n) is 12.5. The average molecular weight is 482 g/mol. The molecule has 5 rings (SSSR count). The molecule has 8 heteroatoms. The lowest BCUT2D eigenvalue weighted by atomic mass is 10.1. The Morgan fingerprint density at radius 1 is 0.943 bits per heavy atom. The maximum absolute atomic E-state index is 14.2. The molecule has 186 valence electrons. The fraction of sp³-hybridized carbons (Fsp3) is 0.481. The number of carbonyl (C=O) groups excluding carboxylic acids is 2. The Morgan fingerprint density at radius 3 is 2.26 bits per heavy atom. The lowest BCUT2D eigenvalue weighted by Crippen LogP contribution is -2.51. The van der Waals surface area contributed by atoms with Crippen LogP contribution >= 0.6 is 0 Å². The van der Waals surface area contributed by atoms with Gasteiger partial charge in [-0.1, -0.05) is 24.3 Å². The van der Waals surface area contributed by atoms with E-state index in [1.165, 1.54) is 28.2 Å². The molecule has 0 bridgehead atoms. The summed E-state index contributed by atoms with van der Waals surface area (Å²) in [6.07, 6.45) is 2.26. The number of β-amino-alcohol motifs (C(OH)–C–C–N with tert-alkyl or cyclic N) is 1. The monoisotopic (exact) mass is 481 g/mol. The number of carbonyl (C=O) groups is 2. The highest BCUT2D eigenvalue weighted by molar-refractivity contribution is 5.97. The zero-order valence-corrected chi connectivity index (χ0v) is 19.9. The van der Waals surface area contributed by atoms with Gasteiger partial charge in [-0.25, -0.2) is 4.39 Å². The number of piperidine rings is 1. The van der Waals surface area contributed by atoms with E-state index in [9.17, 15) is 19.1 Å². The number of rotatable bonds is 7. The van der Waals surface area contributed by atoms with Crippen molar-refractivity contribution in [3.63, 3.8) is 0 Å². The highest BCUT2D eigenvalue weighted by Gasteiger charge is 2.30. The third-order valence-electron chi connectivity index (χ3n) is 7.19. The predicted octanol–water partition coefficient (Wildman–Crippen LogP) is 2.39. The number of likely N-dealkylation sites (tertiary alicyclic amines) is 1. The second kappa shape index (κ2) is 10.3. The van der Waals surface area contributed by atoms with Gasteiger partial charge in [0.1, 0.15) is 17.7 Å². The van der Waals surface area contributed by atoms with Crippen molar-refractivity contribution in [2.24, 2.45) is 0 Å². The third kappa shape index (κ3) is 5.49. The van der Waals surface area contributed by atoms with Crippen molar-refractivity contribution in [3.8, 4) is 5.75 Å². The van der Waals surface area contributed by atoms with Crippen molar-refractivity contribution in [3.05, 3.63) is 59.4 Å². The Morgan fingerprint density at radius 2 is 1.60 bits per heavy atom. The second-order valence-electron chi connectivity index (χ2n) is 9.72. The Hall–Kier alpha value is -2.97. The number of hydrogen-bond donors (Lipinski definition) is 1. The summed E-state index contributed by atoms with van der Waals surface area (Å²) in [5.41, 5.74) is 3.37. The van der Waals surface area contributed by atoms with Gasteiger partial charge in [-0.15, -0.1) is 0 Å². The molecular weight excluding hydrogens is 449 g/mol. The van der Waals surface area contributed by atoms with E-state index >= 15 is 0 Å². The summed E-state index contributed by atoms with van der Waals surface area (Å²) in [6.45, 7) is 3.13. The number of fused-ring (bicyclic) bond motifs is 1. The van der Waals surface area contributed by atoms with E-state index in [2.05, 4.69) is 21.9 Å². The van der Waals surface area contributed by atoms with Crippen molar-refractivity contribution in [2.75, 3.05) is 44.2 Å². The van der Waals surface area contributed by atoms with Gasteiger partial charge >= 0.3 is 0 Å². The van der Waals surface area contributed by atoms with E-state index in [0.717, 1.165) is 18.5 Å². The minimum Gasteiger partial charge on any atom is -0.488 e. The van der Waals surface area contributed by atoms with Gasteiger partial charge in [0.05, 0.1) is 18.3 Å². The van der Waals surface area contributed by atoms with Crippen LogP contribution in [0.4, 0.5) is 10.1 Å². The van der Waals surface area contributed by atoms with Crippen LogP contribution < -0.4 is 9.64 Å².